The van der Waals surface area contributed by atoms with Crippen LogP contribution < -0.4 is 15.5 Å². The molecule has 1 fully saturated rings. The lowest BCUT2D eigenvalue weighted by molar-refractivity contribution is -0.129. The first-order valence-corrected chi connectivity index (χ1v) is 11.6. The molecule has 0 saturated carbocycles. The minimum Gasteiger partial charge on any atom is -0.346 e. The molecular formula is C27H28N6O2. The molecule has 1 unspecified atom stereocenters. The molecule has 0 bridgehead atoms. The predicted octanol–water partition coefficient (Wildman–Crippen LogP) is 2.74. The van der Waals surface area contributed by atoms with Gasteiger partial charge in [0.25, 0.3) is 0 Å². The second-order valence-electron chi connectivity index (χ2n) is 8.49. The van der Waals surface area contributed by atoms with E-state index in [0.29, 0.717) is 36.7 Å². The average molecular weight is 469 g/mol. The first kappa shape index (κ1) is 23.9. The molecule has 8 nitrogen and oxygen atoms in total. The quantitative estimate of drug-likeness (QED) is 0.527. The van der Waals surface area contributed by atoms with E-state index < -0.39 is 6.04 Å². The van der Waals surface area contributed by atoms with Gasteiger partial charge in [-0.1, -0.05) is 42.5 Å². The Morgan fingerprint density at radius 3 is 2.51 bits per heavy atom. The predicted molar refractivity (Wildman–Crippen MR) is 135 cm³/mol. The van der Waals surface area contributed by atoms with E-state index in [1.54, 1.807) is 30.3 Å². The van der Waals surface area contributed by atoms with Crippen LogP contribution >= 0.6 is 0 Å². The number of amides is 2. The van der Waals surface area contributed by atoms with Gasteiger partial charge in [0, 0.05) is 26.7 Å². The van der Waals surface area contributed by atoms with Crippen molar-refractivity contribution in [3.63, 3.8) is 0 Å². The van der Waals surface area contributed by atoms with Gasteiger partial charge in [-0.05, 0) is 41.8 Å². The number of carbonyl (C=O) groups excluding carboxylic acids is 2. The first-order valence-electron chi connectivity index (χ1n) is 11.6. The summed E-state index contributed by atoms with van der Waals surface area (Å²) in [4.78, 5) is 33.3. The molecule has 2 N–H and O–H groups in total. The van der Waals surface area contributed by atoms with Crippen LogP contribution in [0.2, 0.25) is 0 Å². The summed E-state index contributed by atoms with van der Waals surface area (Å²) in [5.74, 6) is 0.596. The van der Waals surface area contributed by atoms with Crippen molar-refractivity contribution in [1.82, 2.24) is 15.2 Å². The Bertz CT molecular complexity index is 1190. The number of hydrogen-bond acceptors (Lipinski definition) is 6. The smallest absolute Gasteiger partial charge is 0.246 e. The fourth-order valence-electron chi connectivity index (χ4n) is 3.93. The molecule has 2 aromatic carbocycles. The summed E-state index contributed by atoms with van der Waals surface area (Å²) in [6.45, 7) is 2.27. The molecule has 178 valence electrons. The van der Waals surface area contributed by atoms with E-state index in [2.05, 4.69) is 21.7 Å². The van der Waals surface area contributed by atoms with Crippen LogP contribution in [-0.2, 0) is 16.0 Å². The molecule has 1 atom stereocenters. The van der Waals surface area contributed by atoms with Gasteiger partial charge >= 0.3 is 0 Å². The first-order chi connectivity index (χ1) is 17.0. The Morgan fingerprint density at radius 1 is 1.09 bits per heavy atom. The summed E-state index contributed by atoms with van der Waals surface area (Å²) in [6.07, 6.45) is 2.34. The normalized spacial score (nSPS) is 14.3. The Balaban J connectivity index is 1.39. The lowest BCUT2D eigenvalue weighted by atomic mass is 10.0. The van der Waals surface area contributed by atoms with Crippen LogP contribution in [0.5, 0.6) is 0 Å². The number of anilines is 2. The summed E-state index contributed by atoms with van der Waals surface area (Å²) in [5, 5.41) is 15.3. The number of pyridine rings is 1. The highest BCUT2D eigenvalue weighted by Crippen LogP contribution is 2.19. The van der Waals surface area contributed by atoms with Crippen LogP contribution in [0.4, 0.5) is 11.5 Å². The Hall–Kier alpha value is -4.22. The molecular weight excluding hydrogens is 440 g/mol. The number of likely N-dealkylation sites (N-methyl/N-ethyl adjacent to an activating group) is 1. The Labute approximate surface area is 205 Å². The molecule has 0 spiro atoms. The highest BCUT2D eigenvalue weighted by molar-refractivity contribution is 5.95. The zero-order chi connectivity index (χ0) is 24.6. The van der Waals surface area contributed by atoms with E-state index in [1.807, 2.05) is 59.5 Å². The molecule has 0 aliphatic carbocycles. The molecule has 3 aromatic rings. The van der Waals surface area contributed by atoms with Crippen molar-refractivity contribution in [3.8, 4) is 6.07 Å². The van der Waals surface area contributed by atoms with E-state index in [9.17, 15) is 9.59 Å². The largest absolute Gasteiger partial charge is 0.346 e. The number of nitrogens with one attached hydrogen (secondary N) is 2. The van der Waals surface area contributed by atoms with Crippen molar-refractivity contribution in [3.05, 3.63) is 89.6 Å². The minimum absolute atomic E-state index is 0.0632. The third kappa shape index (κ3) is 6.22. The fourth-order valence-corrected chi connectivity index (χ4v) is 3.93. The Morgan fingerprint density at radius 2 is 1.86 bits per heavy atom. The van der Waals surface area contributed by atoms with E-state index >= 15 is 0 Å². The number of benzene rings is 2. The maximum Gasteiger partial charge on any atom is 0.246 e. The summed E-state index contributed by atoms with van der Waals surface area (Å²) in [5.41, 5.74) is 3.17. The van der Waals surface area contributed by atoms with E-state index in [1.165, 1.54) is 0 Å². The van der Waals surface area contributed by atoms with Crippen molar-refractivity contribution >= 4 is 23.3 Å². The number of aromatic nitrogens is 1. The van der Waals surface area contributed by atoms with Gasteiger partial charge in [0.2, 0.25) is 11.8 Å². The van der Waals surface area contributed by atoms with Gasteiger partial charge < -0.3 is 20.4 Å². The topological polar surface area (TPSA) is 101 Å². The van der Waals surface area contributed by atoms with Crippen LogP contribution in [0.1, 0.15) is 22.7 Å². The molecule has 35 heavy (non-hydrogen) atoms. The van der Waals surface area contributed by atoms with Gasteiger partial charge in [-0.2, -0.15) is 5.26 Å². The number of carbonyl (C=O) groups is 2. The number of nitrogens with zero attached hydrogens (tertiary/aromatic N) is 4. The van der Waals surface area contributed by atoms with Crippen molar-refractivity contribution in [2.24, 2.45) is 0 Å². The summed E-state index contributed by atoms with van der Waals surface area (Å²) < 4.78 is 0. The van der Waals surface area contributed by atoms with Crippen LogP contribution in [0.15, 0.2) is 72.9 Å². The van der Waals surface area contributed by atoms with Crippen LogP contribution in [-0.4, -0.2) is 54.9 Å². The molecule has 2 amide bonds. The van der Waals surface area contributed by atoms with Crippen LogP contribution in [0.25, 0.3) is 0 Å². The van der Waals surface area contributed by atoms with E-state index in [4.69, 9.17) is 5.26 Å². The zero-order valence-corrected chi connectivity index (χ0v) is 19.6. The van der Waals surface area contributed by atoms with Gasteiger partial charge in [0.1, 0.15) is 11.9 Å². The maximum atomic E-state index is 13.2. The van der Waals surface area contributed by atoms with Crippen molar-refractivity contribution in [1.29, 1.82) is 5.26 Å². The van der Waals surface area contributed by atoms with E-state index in [-0.39, 0.29) is 11.8 Å². The van der Waals surface area contributed by atoms with Gasteiger partial charge in [0.05, 0.1) is 30.1 Å². The molecule has 1 saturated heterocycles. The van der Waals surface area contributed by atoms with Crippen molar-refractivity contribution in [2.45, 2.75) is 12.5 Å². The van der Waals surface area contributed by atoms with Gasteiger partial charge in [0.15, 0.2) is 0 Å². The molecule has 1 aliphatic heterocycles. The molecule has 4 rings (SSSR count). The number of nitriles is 1. The molecule has 0 radical (unpaired) electrons. The lowest BCUT2D eigenvalue weighted by Crippen LogP contribution is -2.48. The van der Waals surface area contributed by atoms with Gasteiger partial charge in [-0.25, -0.2) is 4.98 Å². The molecule has 2 heterocycles. The lowest BCUT2D eigenvalue weighted by Gasteiger charge is -2.32. The summed E-state index contributed by atoms with van der Waals surface area (Å²) >= 11 is 0. The molecule has 8 heteroatoms. The third-order valence-corrected chi connectivity index (χ3v) is 6.04. The second-order valence-corrected chi connectivity index (χ2v) is 8.49. The number of rotatable bonds is 8. The fraction of sp³-hybridized carbons (Fsp3) is 0.259. The highest BCUT2D eigenvalue weighted by Gasteiger charge is 2.23. The standard InChI is InChI=1S/C27H28N6O2/c1-32-15-16-33(19-25(32)34)24-12-11-23(18-30-24)31-27(35)26(22-5-3-2-4-6-22)29-14-13-20-7-9-21(17-28)10-8-20/h2-12,18,26,29H,13-16,19H2,1H3,(H,31,35). The number of hydrogen-bond donors (Lipinski definition) is 2. The van der Waals surface area contributed by atoms with Crippen LogP contribution in [0.3, 0.4) is 0 Å². The van der Waals surface area contributed by atoms with Gasteiger partial charge in [-0.15, -0.1) is 0 Å². The number of piperazine rings is 1. The van der Waals surface area contributed by atoms with Crippen LogP contribution in [0, 0.1) is 11.3 Å². The van der Waals surface area contributed by atoms with Crippen molar-refractivity contribution < 1.29 is 9.59 Å². The maximum absolute atomic E-state index is 13.2. The summed E-state index contributed by atoms with van der Waals surface area (Å²) in [6, 6.07) is 22.2. The third-order valence-electron chi connectivity index (χ3n) is 6.04. The zero-order valence-electron chi connectivity index (χ0n) is 19.6. The average Bonchev–Trinajstić information content (AvgIpc) is 2.89. The molecule has 1 aliphatic rings. The van der Waals surface area contributed by atoms with E-state index in [0.717, 1.165) is 24.1 Å². The van der Waals surface area contributed by atoms with Crippen molar-refractivity contribution in [2.75, 3.05) is 43.4 Å². The monoisotopic (exact) mass is 468 g/mol. The summed E-state index contributed by atoms with van der Waals surface area (Å²) in [7, 11) is 1.80. The van der Waals surface area contributed by atoms with Gasteiger partial charge in [-0.3, -0.25) is 9.59 Å². The SMILES string of the molecule is CN1CCN(c2ccc(NC(=O)C(NCCc3ccc(C#N)cc3)c3ccccc3)cn2)CC1=O. The Kier molecular flexibility index (Phi) is 7.70. The second kappa shape index (κ2) is 11.3. The molecule has 1 aromatic heterocycles. The minimum atomic E-state index is -0.537. The highest BCUT2D eigenvalue weighted by atomic mass is 16.2.